The lowest BCUT2D eigenvalue weighted by atomic mass is 9.94. The molecule has 2 rings (SSSR count). The van der Waals surface area contributed by atoms with E-state index < -0.39 is 0 Å². The molecule has 1 fully saturated rings. The van der Waals surface area contributed by atoms with Gasteiger partial charge in [-0.2, -0.15) is 0 Å². The zero-order valence-corrected chi connectivity index (χ0v) is 11.3. The number of ether oxygens (including phenoxy) is 1. The maximum Gasteiger partial charge on any atom is 0.244 e. The summed E-state index contributed by atoms with van der Waals surface area (Å²) in [7, 11) is 0. The fourth-order valence-corrected chi connectivity index (χ4v) is 2.10. The number of nitrogens with two attached hydrogens (primary N) is 1. The van der Waals surface area contributed by atoms with Crippen LogP contribution in [0.1, 0.15) is 25.8 Å². The monoisotopic (exact) mass is 260 g/mol. The number of benzene rings is 1. The van der Waals surface area contributed by atoms with Crippen LogP contribution in [-0.2, 0) is 9.53 Å². The summed E-state index contributed by atoms with van der Waals surface area (Å²) in [6, 6.07) is 7.38. The molecule has 4 nitrogen and oxygen atoms in total. The van der Waals surface area contributed by atoms with Crippen molar-refractivity contribution >= 4 is 17.7 Å². The van der Waals surface area contributed by atoms with E-state index in [4.69, 9.17) is 10.5 Å². The van der Waals surface area contributed by atoms with Crippen LogP contribution in [0.15, 0.2) is 30.3 Å². The first kappa shape index (κ1) is 13.6. The van der Waals surface area contributed by atoms with Gasteiger partial charge in [0, 0.05) is 18.4 Å². The molecule has 2 unspecified atom stereocenters. The fraction of sp³-hybridized carbons (Fsp3) is 0.400. The largest absolute Gasteiger partial charge is 0.399 e. The number of anilines is 1. The van der Waals surface area contributed by atoms with Gasteiger partial charge in [-0.05, 0) is 44.0 Å². The highest BCUT2D eigenvalue weighted by Gasteiger charge is 2.37. The third-order valence-corrected chi connectivity index (χ3v) is 3.66. The van der Waals surface area contributed by atoms with Crippen LogP contribution in [0.4, 0.5) is 5.69 Å². The van der Waals surface area contributed by atoms with Crippen molar-refractivity contribution in [2.75, 3.05) is 12.3 Å². The highest BCUT2D eigenvalue weighted by molar-refractivity contribution is 5.92. The van der Waals surface area contributed by atoms with E-state index in [0.717, 1.165) is 12.0 Å². The SMILES string of the molecule is CC1OCCC1(C)NC(=O)/C=C/c1ccc(N)cc1. The molecule has 102 valence electrons. The zero-order chi connectivity index (χ0) is 13.9. The summed E-state index contributed by atoms with van der Waals surface area (Å²) >= 11 is 0. The first-order chi connectivity index (χ1) is 8.99. The van der Waals surface area contributed by atoms with Crippen LogP contribution >= 0.6 is 0 Å². The molecular formula is C15H20N2O2. The second-order valence-corrected chi connectivity index (χ2v) is 5.17. The van der Waals surface area contributed by atoms with Crippen molar-refractivity contribution in [2.45, 2.75) is 31.9 Å². The molecule has 0 radical (unpaired) electrons. The number of amides is 1. The van der Waals surface area contributed by atoms with E-state index in [0.29, 0.717) is 12.3 Å². The van der Waals surface area contributed by atoms with Crippen molar-refractivity contribution in [3.63, 3.8) is 0 Å². The fourth-order valence-electron chi connectivity index (χ4n) is 2.10. The number of carbonyl (C=O) groups excluding carboxylic acids is 1. The molecule has 4 heteroatoms. The summed E-state index contributed by atoms with van der Waals surface area (Å²) in [4.78, 5) is 11.9. The van der Waals surface area contributed by atoms with Crippen LogP contribution in [0, 0.1) is 0 Å². The summed E-state index contributed by atoms with van der Waals surface area (Å²) in [6.45, 7) is 4.69. The van der Waals surface area contributed by atoms with Gasteiger partial charge in [0.1, 0.15) is 0 Å². The quantitative estimate of drug-likeness (QED) is 0.645. The Labute approximate surface area is 113 Å². The molecule has 1 aromatic carbocycles. The lowest BCUT2D eigenvalue weighted by molar-refractivity contribution is -0.118. The van der Waals surface area contributed by atoms with Crippen molar-refractivity contribution in [1.82, 2.24) is 5.32 Å². The van der Waals surface area contributed by atoms with Crippen LogP contribution in [0.25, 0.3) is 6.08 Å². The molecular weight excluding hydrogens is 240 g/mol. The van der Waals surface area contributed by atoms with E-state index in [1.54, 1.807) is 12.2 Å². The van der Waals surface area contributed by atoms with Crippen LogP contribution < -0.4 is 11.1 Å². The maximum atomic E-state index is 11.9. The number of hydrogen-bond acceptors (Lipinski definition) is 3. The summed E-state index contributed by atoms with van der Waals surface area (Å²) in [5.41, 5.74) is 6.99. The normalized spacial score (nSPS) is 26.7. The molecule has 1 heterocycles. The molecule has 0 saturated carbocycles. The second-order valence-electron chi connectivity index (χ2n) is 5.17. The third-order valence-electron chi connectivity index (χ3n) is 3.66. The Morgan fingerprint density at radius 1 is 1.47 bits per heavy atom. The Bertz CT molecular complexity index is 481. The highest BCUT2D eigenvalue weighted by Crippen LogP contribution is 2.24. The minimum atomic E-state index is -0.275. The van der Waals surface area contributed by atoms with Gasteiger partial charge >= 0.3 is 0 Å². The third kappa shape index (κ3) is 3.35. The van der Waals surface area contributed by atoms with E-state index >= 15 is 0 Å². The highest BCUT2D eigenvalue weighted by atomic mass is 16.5. The predicted octanol–water partition coefficient (Wildman–Crippen LogP) is 1.97. The number of hydrogen-bond donors (Lipinski definition) is 2. The molecule has 2 atom stereocenters. The van der Waals surface area contributed by atoms with Gasteiger partial charge in [-0.1, -0.05) is 12.1 Å². The first-order valence-corrected chi connectivity index (χ1v) is 6.47. The molecule has 1 saturated heterocycles. The van der Waals surface area contributed by atoms with Crippen molar-refractivity contribution in [3.05, 3.63) is 35.9 Å². The standard InChI is InChI=1S/C15H20N2O2/c1-11-15(2,9-10-19-11)17-14(18)8-5-12-3-6-13(16)7-4-12/h3-8,11H,9-10,16H2,1-2H3,(H,17,18)/b8-5+. The topological polar surface area (TPSA) is 64.3 Å². The molecule has 19 heavy (non-hydrogen) atoms. The van der Waals surface area contributed by atoms with Gasteiger partial charge in [-0.25, -0.2) is 0 Å². The number of carbonyl (C=O) groups is 1. The first-order valence-electron chi connectivity index (χ1n) is 6.47. The smallest absolute Gasteiger partial charge is 0.244 e. The molecule has 3 N–H and O–H groups in total. The summed E-state index contributed by atoms with van der Waals surface area (Å²) in [6.07, 6.45) is 4.21. The predicted molar refractivity (Wildman–Crippen MR) is 76.5 cm³/mol. The average molecular weight is 260 g/mol. The van der Waals surface area contributed by atoms with Gasteiger partial charge in [0.15, 0.2) is 0 Å². The second kappa shape index (κ2) is 5.45. The molecule has 1 aliphatic rings. The molecule has 0 aromatic heterocycles. The van der Waals surface area contributed by atoms with Gasteiger partial charge in [-0.15, -0.1) is 0 Å². The van der Waals surface area contributed by atoms with Crippen molar-refractivity contribution < 1.29 is 9.53 Å². The Morgan fingerprint density at radius 3 is 2.74 bits per heavy atom. The zero-order valence-electron chi connectivity index (χ0n) is 11.3. The number of rotatable bonds is 3. The average Bonchev–Trinajstić information content (AvgIpc) is 2.68. The van der Waals surface area contributed by atoms with Crippen molar-refractivity contribution in [2.24, 2.45) is 0 Å². The van der Waals surface area contributed by atoms with Crippen LogP contribution in [0.2, 0.25) is 0 Å². The van der Waals surface area contributed by atoms with E-state index in [1.165, 1.54) is 0 Å². The maximum absolute atomic E-state index is 11.9. The molecule has 0 spiro atoms. The van der Waals surface area contributed by atoms with Crippen LogP contribution in [-0.4, -0.2) is 24.2 Å². The van der Waals surface area contributed by atoms with E-state index in [1.807, 2.05) is 38.1 Å². The van der Waals surface area contributed by atoms with Gasteiger partial charge in [0.2, 0.25) is 5.91 Å². The van der Waals surface area contributed by atoms with Gasteiger partial charge in [0.25, 0.3) is 0 Å². The van der Waals surface area contributed by atoms with E-state index in [9.17, 15) is 4.79 Å². The lowest BCUT2D eigenvalue weighted by Crippen LogP contribution is -2.50. The number of nitrogens with one attached hydrogen (secondary N) is 1. The Kier molecular flexibility index (Phi) is 3.90. The molecule has 0 aliphatic carbocycles. The van der Waals surface area contributed by atoms with Gasteiger partial charge in [-0.3, -0.25) is 4.79 Å². The van der Waals surface area contributed by atoms with Crippen LogP contribution in [0.3, 0.4) is 0 Å². The molecule has 1 amide bonds. The van der Waals surface area contributed by atoms with E-state index in [2.05, 4.69) is 5.32 Å². The summed E-state index contributed by atoms with van der Waals surface area (Å²) in [5.74, 6) is -0.100. The molecule has 1 aromatic rings. The minimum Gasteiger partial charge on any atom is -0.399 e. The lowest BCUT2D eigenvalue weighted by Gasteiger charge is -2.28. The van der Waals surface area contributed by atoms with Gasteiger partial charge in [0.05, 0.1) is 11.6 Å². The van der Waals surface area contributed by atoms with Crippen molar-refractivity contribution in [1.29, 1.82) is 0 Å². The van der Waals surface area contributed by atoms with Crippen molar-refractivity contribution in [3.8, 4) is 0 Å². The van der Waals surface area contributed by atoms with Crippen LogP contribution in [0.5, 0.6) is 0 Å². The Morgan fingerprint density at radius 2 is 2.16 bits per heavy atom. The molecule has 1 aliphatic heterocycles. The number of nitrogen functional groups attached to an aromatic ring is 1. The minimum absolute atomic E-state index is 0.0429. The Hall–Kier alpha value is -1.81. The van der Waals surface area contributed by atoms with E-state index in [-0.39, 0.29) is 17.6 Å². The summed E-state index contributed by atoms with van der Waals surface area (Å²) in [5, 5.41) is 3.01. The molecule has 0 bridgehead atoms. The summed E-state index contributed by atoms with van der Waals surface area (Å²) < 4.78 is 5.49. The Balaban J connectivity index is 1.96. The van der Waals surface area contributed by atoms with Gasteiger partial charge < -0.3 is 15.8 Å².